The molecule has 0 aliphatic carbocycles. The van der Waals surface area contributed by atoms with Crippen molar-refractivity contribution in [2.45, 2.75) is 13.3 Å². The van der Waals surface area contributed by atoms with E-state index in [2.05, 4.69) is 5.32 Å². The van der Waals surface area contributed by atoms with Crippen molar-refractivity contribution >= 4 is 16.1 Å². The Morgan fingerprint density at radius 2 is 2.08 bits per heavy atom. The number of nitrogens with two attached hydrogens (primary N) is 1. The number of hydrogen-bond donors (Lipinski definition) is 2. The molecule has 0 unspecified atom stereocenters. The quantitative estimate of drug-likeness (QED) is 0.586. The molecule has 0 saturated carbocycles. The highest BCUT2D eigenvalue weighted by Gasteiger charge is 2.18. The van der Waals surface area contributed by atoms with Crippen LogP contribution in [0.3, 0.4) is 0 Å². The fourth-order valence-electron chi connectivity index (χ4n) is 0.785. The fourth-order valence-corrected chi connectivity index (χ4v) is 1.52. The largest absolute Gasteiger partial charge is 0.358 e. The molecule has 6 nitrogen and oxygen atoms in total. The van der Waals surface area contributed by atoms with Crippen molar-refractivity contribution in [1.82, 2.24) is 9.62 Å². The van der Waals surface area contributed by atoms with Gasteiger partial charge in [-0.25, -0.2) is 5.14 Å². The average molecular weight is 209 g/mol. The standard InChI is InChI=1S/C6H15N3O3S/c1-3-4-9(13(7,11)12)5-6(10)8-2/h3-5H2,1-2H3,(H,8,10)(H2,7,11,12). The monoisotopic (exact) mass is 209 g/mol. The summed E-state index contributed by atoms with van der Waals surface area (Å²) < 4.78 is 22.7. The molecule has 0 heterocycles. The third-order valence-corrected chi connectivity index (χ3v) is 2.46. The van der Waals surface area contributed by atoms with Gasteiger partial charge in [-0.2, -0.15) is 12.7 Å². The van der Waals surface area contributed by atoms with Crippen LogP contribution in [0.15, 0.2) is 0 Å². The molecule has 0 aromatic rings. The van der Waals surface area contributed by atoms with Crippen LogP contribution >= 0.6 is 0 Å². The Morgan fingerprint density at radius 3 is 2.38 bits per heavy atom. The van der Waals surface area contributed by atoms with Crippen molar-refractivity contribution < 1.29 is 13.2 Å². The van der Waals surface area contributed by atoms with Gasteiger partial charge in [-0.15, -0.1) is 0 Å². The smallest absolute Gasteiger partial charge is 0.277 e. The summed E-state index contributed by atoms with van der Waals surface area (Å²) in [6.07, 6.45) is 0.618. The third-order valence-electron chi connectivity index (χ3n) is 1.43. The van der Waals surface area contributed by atoms with Crippen LogP contribution in [0.25, 0.3) is 0 Å². The third kappa shape index (κ3) is 4.81. The minimum atomic E-state index is -3.76. The highest BCUT2D eigenvalue weighted by Crippen LogP contribution is 1.95. The van der Waals surface area contributed by atoms with E-state index in [1.165, 1.54) is 7.05 Å². The first kappa shape index (κ1) is 12.3. The Morgan fingerprint density at radius 1 is 1.54 bits per heavy atom. The molecule has 0 saturated heterocycles. The van der Waals surface area contributed by atoms with Crippen LogP contribution in [-0.2, 0) is 15.0 Å². The molecule has 0 aliphatic rings. The van der Waals surface area contributed by atoms with Crippen LogP contribution in [0, 0.1) is 0 Å². The van der Waals surface area contributed by atoms with Gasteiger partial charge in [0.1, 0.15) is 0 Å². The molecule has 0 fully saturated rings. The summed E-state index contributed by atoms with van der Waals surface area (Å²) in [7, 11) is -2.32. The SMILES string of the molecule is CCCN(CC(=O)NC)S(N)(=O)=O. The van der Waals surface area contributed by atoms with Crippen LogP contribution < -0.4 is 10.5 Å². The van der Waals surface area contributed by atoms with Crippen LogP contribution in [0.2, 0.25) is 0 Å². The molecular formula is C6H15N3O3S. The van der Waals surface area contributed by atoms with Crippen molar-refractivity contribution in [3.05, 3.63) is 0 Å². The predicted molar refractivity (Wildman–Crippen MR) is 49.0 cm³/mol. The lowest BCUT2D eigenvalue weighted by molar-refractivity contribution is -0.120. The summed E-state index contributed by atoms with van der Waals surface area (Å²) in [5.74, 6) is -0.373. The molecule has 0 rings (SSSR count). The topological polar surface area (TPSA) is 92.5 Å². The number of nitrogens with one attached hydrogen (secondary N) is 1. The maximum absolute atomic E-state index is 10.9. The van der Waals surface area contributed by atoms with Gasteiger partial charge >= 0.3 is 0 Å². The van der Waals surface area contributed by atoms with E-state index in [9.17, 15) is 13.2 Å². The summed E-state index contributed by atoms with van der Waals surface area (Å²) in [6.45, 7) is 1.84. The first-order chi connectivity index (χ1) is 5.91. The molecule has 0 aliphatic heterocycles. The molecule has 3 N–H and O–H groups in total. The van der Waals surface area contributed by atoms with Gasteiger partial charge in [0.05, 0.1) is 6.54 Å². The van der Waals surface area contributed by atoms with Crippen molar-refractivity contribution in [2.24, 2.45) is 5.14 Å². The lowest BCUT2D eigenvalue weighted by Gasteiger charge is -2.16. The van der Waals surface area contributed by atoms with Crippen molar-refractivity contribution in [3.63, 3.8) is 0 Å². The van der Waals surface area contributed by atoms with E-state index in [1.807, 2.05) is 6.92 Å². The predicted octanol–water partition coefficient (Wildman–Crippen LogP) is -1.35. The second-order valence-corrected chi connectivity index (χ2v) is 4.10. The molecule has 0 aromatic heterocycles. The second kappa shape index (κ2) is 5.15. The Labute approximate surface area is 78.3 Å². The van der Waals surface area contributed by atoms with E-state index in [0.717, 1.165) is 4.31 Å². The zero-order chi connectivity index (χ0) is 10.5. The number of carbonyl (C=O) groups is 1. The van der Waals surface area contributed by atoms with E-state index in [0.29, 0.717) is 6.42 Å². The Balaban J connectivity index is 4.36. The number of amides is 1. The molecule has 13 heavy (non-hydrogen) atoms. The second-order valence-electron chi connectivity index (χ2n) is 2.55. The summed E-state index contributed by atoms with van der Waals surface area (Å²) >= 11 is 0. The van der Waals surface area contributed by atoms with Crippen LogP contribution in [-0.4, -0.2) is 38.8 Å². The average Bonchev–Trinajstić information content (AvgIpc) is 2.01. The molecule has 0 spiro atoms. The molecule has 7 heteroatoms. The lowest BCUT2D eigenvalue weighted by atomic mass is 10.4. The molecule has 0 bridgehead atoms. The molecule has 0 atom stereocenters. The Kier molecular flexibility index (Phi) is 4.89. The Bertz CT molecular complexity index is 262. The normalized spacial score (nSPS) is 11.7. The Hall–Kier alpha value is -0.660. The minimum absolute atomic E-state index is 0.219. The summed E-state index contributed by atoms with van der Waals surface area (Å²) in [6, 6.07) is 0. The minimum Gasteiger partial charge on any atom is -0.358 e. The number of nitrogens with zero attached hydrogens (tertiary/aromatic N) is 1. The van der Waals surface area contributed by atoms with Crippen LogP contribution in [0.1, 0.15) is 13.3 Å². The van der Waals surface area contributed by atoms with Gasteiger partial charge in [0, 0.05) is 13.6 Å². The number of rotatable bonds is 5. The van der Waals surface area contributed by atoms with Gasteiger partial charge < -0.3 is 5.32 Å². The van der Waals surface area contributed by atoms with E-state index < -0.39 is 10.2 Å². The maximum atomic E-state index is 10.9. The lowest BCUT2D eigenvalue weighted by Crippen LogP contribution is -2.43. The van der Waals surface area contributed by atoms with Gasteiger partial charge in [-0.05, 0) is 6.42 Å². The number of hydrogen-bond acceptors (Lipinski definition) is 3. The van der Waals surface area contributed by atoms with Gasteiger partial charge in [0.2, 0.25) is 5.91 Å². The highest BCUT2D eigenvalue weighted by atomic mass is 32.2. The van der Waals surface area contributed by atoms with Gasteiger partial charge in [-0.1, -0.05) is 6.92 Å². The number of carbonyl (C=O) groups excluding carboxylic acids is 1. The van der Waals surface area contributed by atoms with E-state index in [4.69, 9.17) is 5.14 Å². The van der Waals surface area contributed by atoms with E-state index in [1.54, 1.807) is 0 Å². The fraction of sp³-hybridized carbons (Fsp3) is 0.833. The zero-order valence-electron chi connectivity index (χ0n) is 7.78. The molecule has 78 valence electrons. The van der Waals surface area contributed by atoms with Crippen molar-refractivity contribution in [3.8, 4) is 0 Å². The summed E-state index contributed by atoms with van der Waals surface area (Å²) in [5.41, 5.74) is 0. The van der Waals surface area contributed by atoms with Gasteiger partial charge in [-0.3, -0.25) is 4.79 Å². The first-order valence-electron chi connectivity index (χ1n) is 3.90. The molecule has 1 amide bonds. The van der Waals surface area contributed by atoms with Gasteiger partial charge in [0.25, 0.3) is 10.2 Å². The van der Waals surface area contributed by atoms with Gasteiger partial charge in [0.15, 0.2) is 0 Å². The molecular weight excluding hydrogens is 194 g/mol. The number of likely N-dealkylation sites (N-methyl/N-ethyl adjacent to an activating group) is 1. The summed E-state index contributed by atoms with van der Waals surface area (Å²) in [4.78, 5) is 10.9. The molecule has 0 aromatic carbocycles. The highest BCUT2D eigenvalue weighted by molar-refractivity contribution is 7.86. The van der Waals surface area contributed by atoms with Crippen LogP contribution in [0.4, 0.5) is 0 Å². The van der Waals surface area contributed by atoms with Crippen molar-refractivity contribution in [1.29, 1.82) is 0 Å². The maximum Gasteiger partial charge on any atom is 0.277 e. The zero-order valence-corrected chi connectivity index (χ0v) is 8.60. The van der Waals surface area contributed by atoms with Crippen LogP contribution in [0.5, 0.6) is 0 Å². The first-order valence-corrected chi connectivity index (χ1v) is 5.40. The van der Waals surface area contributed by atoms with Crippen molar-refractivity contribution in [2.75, 3.05) is 20.1 Å². The summed E-state index contributed by atoms with van der Waals surface area (Å²) in [5, 5.41) is 7.21. The molecule has 0 radical (unpaired) electrons. The van der Waals surface area contributed by atoms with E-state index in [-0.39, 0.29) is 19.0 Å². The van der Waals surface area contributed by atoms with E-state index >= 15 is 0 Å².